The molecular formula is C17H21FN4OS. The molecule has 7 heteroatoms. The number of benzene rings is 1. The van der Waals surface area contributed by atoms with E-state index in [2.05, 4.69) is 20.4 Å². The van der Waals surface area contributed by atoms with Gasteiger partial charge in [0.05, 0.1) is 0 Å². The van der Waals surface area contributed by atoms with Gasteiger partial charge in [-0.3, -0.25) is 4.79 Å². The van der Waals surface area contributed by atoms with E-state index in [-0.39, 0.29) is 17.8 Å². The van der Waals surface area contributed by atoms with Crippen molar-refractivity contribution in [3.63, 3.8) is 0 Å². The molecule has 1 aliphatic heterocycles. The lowest BCUT2D eigenvalue weighted by Gasteiger charge is -2.32. The van der Waals surface area contributed by atoms with Gasteiger partial charge in [0.2, 0.25) is 11.0 Å². The Morgan fingerprint density at radius 2 is 2.17 bits per heavy atom. The summed E-state index contributed by atoms with van der Waals surface area (Å²) >= 11 is 1.56. The highest BCUT2D eigenvalue weighted by atomic mass is 32.1. The maximum atomic E-state index is 13.0. The number of piperidine rings is 1. The molecule has 3 rings (SSSR count). The fourth-order valence-electron chi connectivity index (χ4n) is 2.82. The van der Waals surface area contributed by atoms with Crippen molar-refractivity contribution in [3.8, 4) is 0 Å². The maximum absolute atomic E-state index is 13.0. The van der Waals surface area contributed by atoms with Crippen LogP contribution in [0.2, 0.25) is 0 Å². The van der Waals surface area contributed by atoms with Crippen molar-refractivity contribution in [2.75, 3.05) is 18.0 Å². The molecule has 0 radical (unpaired) electrons. The lowest BCUT2D eigenvalue weighted by molar-refractivity contribution is -0.121. The number of amides is 1. The largest absolute Gasteiger partial charge is 0.352 e. The van der Waals surface area contributed by atoms with Crippen LogP contribution in [0.5, 0.6) is 0 Å². The molecule has 1 amide bonds. The Balaban J connectivity index is 1.62. The first-order chi connectivity index (χ1) is 11.6. The number of halogens is 1. The van der Waals surface area contributed by atoms with Gasteiger partial charge in [0, 0.05) is 32.0 Å². The van der Waals surface area contributed by atoms with Crippen molar-refractivity contribution >= 4 is 22.4 Å². The van der Waals surface area contributed by atoms with Crippen molar-refractivity contribution < 1.29 is 9.18 Å². The molecule has 0 aliphatic carbocycles. The standard InChI is InChI=1S/C17H21FN4OS/c1-2-15(23)19-14-4-3-9-22(11-14)17-21-20-16(24-17)10-12-5-7-13(18)8-6-12/h5-8,14H,2-4,9-11H2,1H3,(H,19,23)/t14-/m1/s1. The van der Waals surface area contributed by atoms with Crippen LogP contribution in [0.25, 0.3) is 0 Å². The third kappa shape index (κ3) is 4.29. The number of carbonyl (C=O) groups excluding carboxylic acids is 1. The van der Waals surface area contributed by atoms with Gasteiger partial charge in [-0.25, -0.2) is 4.39 Å². The lowest BCUT2D eigenvalue weighted by atomic mass is 10.1. The summed E-state index contributed by atoms with van der Waals surface area (Å²) in [5.41, 5.74) is 1.02. The predicted molar refractivity (Wildman–Crippen MR) is 92.8 cm³/mol. The van der Waals surface area contributed by atoms with Crippen molar-refractivity contribution in [1.29, 1.82) is 0 Å². The van der Waals surface area contributed by atoms with Gasteiger partial charge in [-0.2, -0.15) is 0 Å². The molecule has 1 N–H and O–H groups in total. The first-order valence-corrected chi connectivity index (χ1v) is 9.07. The summed E-state index contributed by atoms with van der Waals surface area (Å²) in [5, 5.41) is 13.4. The molecule has 5 nitrogen and oxygen atoms in total. The van der Waals surface area contributed by atoms with Gasteiger partial charge in [0.15, 0.2) is 0 Å². The van der Waals surface area contributed by atoms with E-state index in [1.165, 1.54) is 12.1 Å². The molecule has 1 fully saturated rings. The molecule has 128 valence electrons. The minimum Gasteiger partial charge on any atom is -0.352 e. The minimum atomic E-state index is -0.231. The Morgan fingerprint density at radius 1 is 1.38 bits per heavy atom. The Morgan fingerprint density at radius 3 is 2.92 bits per heavy atom. The van der Waals surface area contributed by atoms with Crippen LogP contribution >= 0.6 is 11.3 Å². The minimum absolute atomic E-state index is 0.0936. The zero-order valence-electron chi connectivity index (χ0n) is 13.7. The Hall–Kier alpha value is -2.02. The third-order valence-electron chi connectivity index (χ3n) is 4.10. The van der Waals surface area contributed by atoms with Gasteiger partial charge >= 0.3 is 0 Å². The average Bonchev–Trinajstić information content (AvgIpc) is 3.06. The highest BCUT2D eigenvalue weighted by Crippen LogP contribution is 2.25. The van der Waals surface area contributed by atoms with E-state index in [0.717, 1.165) is 41.6 Å². The molecule has 1 saturated heterocycles. The summed E-state index contributed by atoms with van der Waals surface area (Å²) in [7, 11) is 0. The normalized spacial score (nSPS) is 17.8. The number of anilines is 1. The molecule has 2 heterocycles. The van der Waals surface area contributed by atoms with Crippen molar-refractivity contribution in [3.05, 3.63) is 40.7 Å². The van der Waals surface area contributed by atoms with Gasteiger partial charge in [-0.1, -0.05) is 30.4 Å². The molecule has 0 saturated carbocycles. The van der Waals surface area contributed by atoms with Gasteiger partial charge in [-0.15, -0.1) is 10.2 Å². The number of hydrogen-bond acceptors (Lipinski definition) is 5. The molecule has 2 aromatic rings. The summed E-state index contributed by atoms with van der Waals surface area (Å²) in [6, 6.07) is 6.64. The van der Waals surface area contributed by atoms with Crippen LogP contribution in [-0.4, -0.2) is 35.2 Å². The second-order valence-corrected chi connectivity index (χ2v) is 7.03. The first-order valence-electron chi connectivity index (χ1n) is 8.25. The second kappa shape index (κ2) is 7.70. The molecule has 0 unspecified atom stereocenters. The number of nitrogens with one attached hydrogen (secondary N) is 1. The molecule has 1 aromatic carbocycles. The van der Waals surface area contributed by atoms with E-state index in [1.54, 1.807) is 23.5 Å². The van der Waals surface area contributed by atoms with Gasteiger partial charge < -0.3 is 10.2 Å². The van der Waals surface area contributed by atoms with Crippen LogP contribution in [0.4, 0.5) is 9.52 Å². The molecule has 24 heavy (non-hydrogen) atoms. The zero-order valence-corrected chi connectivity index (χ0v) is 14.5. The summed E-state index contributed by atoms with van der Waals surface area (Å²) in [4.78, 5) is 13.8. The summed E-state index contributed by atoms with van der Waals surface area (Å²) in [6.45, 7) is 3.57. The van der Waals surface area contributed by atoms with Crippen molar-refractivity contribution in [2.24, 2.45) is 0 Å². The first kappa shape index (κ1) is 16.8. The van der Waals surface area contributed by atoms with Gasteiger partial charge in [0.25, 0.3) is 0 Å². The summed E-state index contributed by atoms with van der Waals surface area (Å²) in [6.07, 6.45) is 3.20. The summed E-state index contributed by atoms with van der Waals surface area (Å²) < 4.78 is 13.0. The SMILES string of the molecule is CCC(=O)N[C@@H]1CCCN(c2nnc(Cc3ccc(F)cc3)s2)C1. The molecule has 0 bridgehead atoms. The number of carbonyl (C=O) groups is 1. The van der Waals surface area contributed by atoms with Crippen LogP contribution in [-0.2, 0) is 11.2 Å². The molecule has 1 atom stereocenters. The van der Waals surface area contributed by atoms with Gasteiger partial charge in [0.1, 0.15) is 10.8 Å². The van der Waals surface area contributed by atoms with Crippen molar-refractivity contribution in [2.45, 2.75) is 38.6 Å². The predicted octanol–water partition coefficient (Wildman–Crippen LogP) is 2.76. The highest BCUT2D eigenvalue weighted by molar-refractivity contribution is 7.15. The number of nitrogens with zero attached hydrogens (tertiary/aromatic N) is 3. The fourth-order valence-corrected chi connectivity index (χ4v) is 3.73. The fraction of sp³-hybridized carbons (Fsp3) is 0.471. The Labute approximate surface area is 144 Å². The second-order valence-electron chi connectivity index (χ2n) is 5.99. The lowest BCUT2D eigenvalue weighted by Crippen LogP contribution is -2.47. The van der Waals surface area contributed by atoms with Crippen LogP contribution in [0.15, 0.2) is 24.3 Å². The molecule has 1 aromatic heterocycles. The van der Waals surface area contributed by atoms with Crippen molar-refractivity contribution in [1.82, 2.24) is 15.5 Å². The average molecular weight is 348 g/mol. The number of aromatic nitrogens is 2. The maximum Gasteiger partial charge on any atom is 0.219 e. The topological polar surface area (TPSA) is 58.1 Å². The van der Waals surface area contributed by atoms with E-state index in [9.17, 15) is 9.18 Å². The van der Waals surface area contributed by atoms with E-state index in [0.29, 0.717) is 12.8 Å². The molecule has 1 aliphatic rings. The molecular weight excluding hydrogens is 327 g/mol. The van der Waals surface area contributed by atoms with Gasteiger partial charge in [-0.05, 0) is 30.5 Å². The quantitative estimate of drug-likeness (QED) is 0.903. The Bertz CT molecular complexity index is 688. The third-order valence-corrected chi connectivity index (χ3v) is 5.09. The zero-order chi connectivity index (χ0) is 16.9. The van der Waals surface area contributed by atoms with Crippen LogP contribution in [0.1, 0.15) is 36.8 Å². The van der Waals surface area contributed by atoms with E-state index < -0.39 is 0 Å². The van der Waals surface area contributed by atoms with E-state index >= 15 is 0 Å². The molecule has 0 spiro atoms. The smallest absolute Gasteiger partial charge is 0.219 e. The monoisotopic (exact) mass is 348 g/mol. The van der Waals surface area contributed by atoms with E-state index in [4.69, 9.17) is 0 Å². The van der Waals surface area contributed by atoms with E-state index in [1.807, 2.05) is 6.92 Å². The number of hydrogen-bond donors (Lipinski definition) is 1. The Kier molecular flexibility index (Phi) is 5.40. The number of rotatable bonds is 5. The van der Waals surface area contributed by atoms with Crippen LogP contribution < -0.4 is 10.2 Å². The summed E-state index contributed by atoms with van der Waals surface area (Å²) in [5.74, 6) is -0.138. The highest BCUT2D eigenvalue weighted by Gasteiger charge is 2.23. The van der Waals surface area contributed by atoms with Crippen LogP contribution in [0, 0.1) is 5.82 Å². The van der Waals surface area contributed by atoms with Crippen LogP contribution in [0.3, 0.4) is 0 Å².